The van der Waals surface area contributed by atoms with E-state index in [0.29, 0.717) is 17.3 Å². The highest BCUT2D eigenvalue weighted by Crippen LogP contribution is 2.25. The molecule has 0 bridgehead atoms. The number of anilines is 1. The van der Waals surface area contributed by atoms with Gasteiger partial charge in [0.2, 0.25) is 0 Å². The standard InChI is InChI=1S/C16H14N6O6/c1-9-5-10(8-28-2)13(7-17)15(18-9)19-20-16(23)12-4-3-11(21(24)25)6-14(12)22(26)27/h3-6H,8H2,1-2H3,(H,18,19)(H,20,23). The molecule has 2 rings (SSSR count). The van der Waals surface area contributed by atoms with Crippen LogP contribution in [0, 0.1) is 38.5 Å². The molecule has 0 atom stereocenters. The molecule has 144 valence electrons. The van der Waals surface area contributed by atoms with Gasteiger partial charge in [0.25, 0.3) is 17.3 Å². The number of nitro groups is 2. The zero-order valence-corrected chi connectivity index (χ0v) is 14.8. The first-order chi connectivity index (χ1) is 13.3. The van der Waals surface area contributed by atoms with Crippen LogP contribution in [0.5, 0.6) is 0 Å². The zero-order valence-electron chi connectivity index (χ0n) is 14.8. The molecular formula is C16H14N6O6. The monoisotopic (exact) mass is 386 g/mol. The van der Waals surface area contributed by atoms with Crippen LogP contribution in [0.25, 0.3) is 0 Å². The summed E-state index contributed by atoms with van der Waals surface area (Å²) in [6.07, 6.45) is 0. The van der Waals surface area contributed by atoms with E-state index in [4.69, 9.17) is 4.74 Å². The van der Waals surface area contributed by atoms with Gasteiger partial charge in [-0.3, -0.25) is 35.9 Å². The zero-order chi connectivity index (χ0) is 20.8. The van der Waals surface area contributed by atoms with Gasteiger partial charge in [0.15, 0.2) is 5.82 Å². The van der Waals surface area contributed by atoms with Gasteiger partial charge in [0.1, 0.15) is 17.2 Å². The number of non-ortho nitro benzene ring substituents is 1. The van der Waals surface area contributed by atoms with Crippen LogP contribution < -0.4 is 10.9 Å². The molecule has 1 amide bonds. The van der Waals surface area contributed by atoms with E-state index in [2.05, 4.69) is 15.8 Å². The van der Waals surface area contributed by atoms with Crippen LogP contribution in [-0.2, 0) is 11.3 Å². The molecule has 1 aromatic carbocycles. The highest BCUT2D eigenvalue weighted by molar-refractivity contribution is 5.99. The van der Waals surface area contributed by atoms with Crippen molar-refractivity contribution < 1.29 is 19.4 Å². The summed E-state index contributed by atoms with van der Waals surface area (Å²) < 4.78 is 5.02. The number of nitriles is 1. The molecule has 0 unspecified atom stereocenters. The molecule has 1 aromatic heterocycles. The number of amides is 1. The van der Waals surface area contributed by atoms with Crippen LogP contribution in [0.1, 0.15) is 27.2 Å². The Bertz CT molecular complexity index is 1000. The fraction of sp³-hybridized carbons (Fsp3) is 0.188. The van der Waals surface area contributed by atoms with E-state index in [1.54, 1.807) is 13.0 Å². The molecule has 12 nitrogen and oxygen atoms in total. The van der Waals surface area contributed by atoms with E-state index in [9.17, 15) is 30.3 Å². The van der Waals surface area contributed by atoms with Crippen LogP contribution in [0.4, 0.5) is 17.2 Å². The first kappa shape index (κ1) is 20.2. The highest BCUT2D eigenvalue weighted by atomic mass is 16.6. The lowest BCUT2D eigenvalue weighted by molar-refractivity contribution is -0.394. The molecule has 1 heterocycles. The maximum absolute atomic E-state index is 12.3. The summed E-state index contributed by atoms with van der Waals surface area (Å²) in [7, 11) is 1.46. The number of carbonyl (C=O) groups excluding carboxylic acids is 1. The van der Waals surface area contributed by atoms with Gasteiger partial charge in [0, 0.05) is 24.4 Å². The molecule has 0 aliphatic carbocycles. The second-order valence-corrected chi connectivity index (χ2v) is 5.49. The second-order valence-electron chi connectivity index (χ2n) is 5.49. The molecule has 0 fully saturated rings. The summed E-state index contributed by atoms with van der Waals surface area (Å²) in [5.74, 6) is -0.894. The molecule has 2 N–H and O–H groups in total. The Kier molecular flexibility index (Phi) is 6.14. The minimum absolute atomic E-state index is 0.0347. The van der Waals surface area contributed by atoms with Crippen molar-refractivity contribution in [3.63, 3.8) is 0 Å². The van der Waals surface area contributed by atoms with E-state index in [0.717, 1.165) is 12.1 Å². The first-order valence-electron chi connectivity index (χ1n) is 7.67. The molecule has 12 heteroatoms. The Morgan fingerprint density at radius 2 is 2.00 bits per heavy atom. The number of rotatable bonds is 7. The second kappa shape index (κ2) is 8.52. The third-order valence-corrected chi connectivity index (χ3v) is 3.57. The molecule has 2 aromatic rings. The summed E-state index contributed by atoms with van der Waals surface area (Å²) in [5, 5.41) is 31.3. The maximum atomic E-state index is 12.3. The van der Waals surface area contributed by atoms with Crippen molar-refractivity contribution in [3.05, 3.63) is 66.9 Å². The Morgan fingerprint density at radius 1 is 1.29 bits per heavy atom. The lowest BCUT2D eigenvalue weighted by atomic mass is 10.1. The van der Waals surface area contributed by atoms with E-state index < -0.39 is 32.7 Å². The number of nitrogens with one attached hydrogen (secondary N) is 2. The van der Waals surface area contributed by atoms with E-state index in [1.165, 1.54) is 7.11 Å². The van der Waals surface area contributed by atoms with Gasteiger partial charge in [-0.15, -0.1) is 0 Å². The molecule has 0 saturated carbocycles. The largest absolute Gasteiger partial charge is 0.380 e. The van der Waals surface area contributed by atoms with Crippen LogP contribution in [0.15, 0.2) is 24.3 Å². The van der Waals surface area contributed by atoms with Crippen molar-refractivity contribution in [2.45, 2.75) is 13.5 Å². The van der Waals surface area contributed by atoms with Crippen LogP contribution in [-0.4, -0.2) is 27.8 Å². The fourth-order valence-electron chi connectivity index (χ4n) is 2.39. The fourth-order valence-corrected chi connectivity index (χ4v) is 2.39. The first-order valence-corrected chi connectivity index (χ1v) is 7.67. The summed E-state index contributed by atoms with van der Waals surface area (Å²) in [6.45, 7) is 1.82. The summed E-state index contributed by atoms with van der Waals surface area (Å²) in [5.41, 5.74) is 4.24. The van der Waals surface area contributed by atoms with E-state index >= 15 is 0 Å². The Morgan fingerprint density at radius 3 is 2.57 bits per heavy atom. The van der Waals surface area contributed by atoms with Crippen molar-refractivity contribution in [2.75, 3.05) is 12.5 Å². The van der Waals surface area contributed by atoms with Crippen LogP contribution in [0.2, 0.25) is 0 Å². The minimum Gasteiger partial charge on any atom is -0.380 e. The molecule has 0 aliphatic heterocycles. The smallest absolute Gasteiger partial charge is 0.289 e. The van der Waals surface area contributed by atoms with Gasteiger partial charge in [-0.1, -0.05) is 0 Å². The van der Waals surface area contributed by atoms with E-state index in [-0.39, 0.29) is 18.0 Å². The number of hydrogen-bond donors (Lipinski definition) is 2. The Hall–Kier alpha value is -4.11. The van der Waals surface area contributed by atoms with Gasteiger partial charge in [0.05, 0.1) is 22.5 Å². The lowest BCUT2D eigenvalue weighted by Crippen LogP contribution is -2.31. The van der Waals surface area contributed by atoms with Gasteiger partial charge >= 0.3 is 0 Å². The maximum Gasteiger partial charge on any atom is 0.289 e. The number of hydrogen-bond acceptors (Lipinski definition) is 9. The third-order valence-electron chi connectivity index (χ3n) is 3.57. The topological polar surface area (TPSA) is 173 Å². The molecular weight excluding hydrogens is 372 g/mol. The number of nitro benzene ring substituents is 2. The number of ether oxygens (including phenoxy) is 1. The number of aromatic nitrogens is 1. The predicted molar refractivity (Wildman–Crippen MR) is 95.2 cm³/mol. The predicted octanol–water partition coefficient (Wildman–Crippen LogP) is 1.98. The van der Waals surface area contributed by atoms with Gasteiger partial charge in [-0.05, 0) is 19.1 Å². The average molecular weight is 386 g/mol. The van der Waals surface area contributed by atoms with Crippen molar-refractivity contribution in [1.29, 1.82) is 5.26 Å². The number of pyridine rings is 1. The summed E-state index contributed by atoms with van der Waals surface area (Å²) in [6, 6.07) is 6.24. The number of hydrazine groups is 1. The van der Waals surface area contributed by atoms with Crippen LogP contribution >= 0.6 is 0 Å². The van der Waals surface area contributed by atoms with Gasteiger partial charge in [-0.25, -0.2) is 4.98 Å². The van der Waals surface area contributed by atoms with Crippen molar-refractivity contribution in [3.8, 4) is 6.07 Å². The van der Waals surface area contributed by atoms with Crippen molar-refractivity contribution in [2.24, 2.45) is 0 Å². The lowest BCUT2D eigenvalue weighted by Gasteiger charge is -2.13. The van der Waals surface area contributed by atoms with E-state index in [1.807, 2.05) is 6.07 Å². The number of aryl methyl sites for hydroxylation is 1. The summed E-state index contributed by atoms with van der Waals surface area (Å²) in [4.78, 5) is 36.7. The highest BCUT2D eigenvalue weighted by Gasteiger charge is 2.24. The number of nitrogens with zero attached hydrogens (tertiary/aromatic N) is 4. The Balaban J connectivity index is 2.32. The molecule has 28 heavy (non-hydrogen) atoms. The third kappa shape index (κ3) is 4.34. The molecule has 0 spiro atoms. The van der Waals surface area contributed by atoms with Crippen molar-refractivity contribution in [1.82, 2.24) is 10.4 Å². The Labute approximate surface area is 158 Å². The van der Waals surface area contributed by atoms with Crippen LogP contribution in [0.3, 0.4) is 0 Å². The minimum atomic E-state index is -0.929. The molecule has 0 radical (unpaired) electrons. The number of carbonyl (C=O) groups is 1. The molecule has 0 saturated heterocycles. The van der Waals surface area contributed by atoms with Crippen molar-refractivity contribution >= 4 is 23.1 Å². The van der Waals surface area contributed by atoms with Gasteiger partial charge < -0.3 is 4.74 Å². The van der Waals surface area contributed by atoms with Gasteiger partial charge in [-0.2, -0.15) is 5.26 Å². The number of benzene rings is 1. The average Bonchev–Trinajstić information content (AvgIpc) is 2.65. The summed E-state index contributed by atoms with van der Waals surface area (Å²) >= 11 is 0. The SMILES string of the molecule is COCc1cc(C)nc(NNC(=O)c2ccc([N+](=O)[O-])cc2[N+](=O)[O-])c1C#N. The quantitative estimate of drug-likeness (QED) is 0.532. The number of methoxy groups -OCH3 is 1. The normalized spacial score (nSPS) is 10.0. The molecule has 0 aliphatic rings.